The third-order valence-corrected chi connectivity index (χ3v) is 5.27. The zero-order valence-electron chi connectivity index (χ0n) is 13.8. The van der Waals surface area contributed by atoms with Crippen LogP contribution in [0.2, 0.25) is 0 Å². The minimum Gasteiger partial charge on any atom is -0.481 e. The van der Waals surface area contributed by atoms with Crippen LogP contribution < -0.4 is 0 Å². The fraction of sp³-hybridized carbons (Fsp3) is 0.944. The van der Waals surface area contributed by atoms with E-state index in [9.17, 15) is 9.90 Å². The first-order valence-electron chi connectivity index (χ1n) is 8.65. The fourth-order valence-corrected chi connectivity index (χ4v) is 3.40. The summed E-state index contributed by atoms with van der Waals surface area (Å²) < 4.78 is 0. The van der Waals surface area contributed by atoms with E-state index >= 15 is 0 Å². The van der Waals surface area contributed by atoms with Crippen LogP contribution in [0, 0.1) is 10.8 Å². The van der Waals surface area contributed by atoms with Crippen LogP contribution in [0.5, 0.6) is 0 Å². The predicted octanol–water partition coefficient (Wildman–Crippen LogP) is 5.80. The first kappa shape index (κ1) is 17.5. The van der Waals surface area contributed by atoms with Crippen LogP contribution in [0.4, 0.5) is 0 Å². The fourth-order valence-electron chi connectivity index (χ4n) is 3.40. The summed E-state index contributed by atoms with van der Waals surface area (Å²) in [5.41, 5.74) is -0.0575. The number of carboxylic acids is 1. The van der Waals surface area contributed by atoms with Gasteiger partial charge in [-0.3, -0.25) is 4.79 Å². The summed E-state index contributed by atoms with van der Waals surface area (Å²) in [4.78, 5) is 11.7. The van der Waals surface area contributed by atoms with Gasteiger partial charge in [-0.1, -0.05) is 65.7 Å². The summed E-state index contributed by atoms with van der Waals surface area (Å²) in [7, 11) is 0. The van der Waals surface area contributed by atoms with Gasteiger partial charge in [0.05, 0.1) is 5.41 Å². The molecule has 0 aromatic heterocycles. The molecule has 0 unspecified atom stereocenters. The molecule has 1 aliphatic rings. The molecule has 1 fully saturated rings. The summed E-state index contributed by atoms with van der Waals surface area (Å²) in [5.74, 6) is -0.543. The van der Waals surface area contributed by atoms with Crippen LogP contribution >= 0.6 is 0 Å². The molecule has 0 spiro atoms. The highest BCUT2D eigenvalue weighted by Crippen LogP contribution is 2.47. The molecule has 1 N–H and O–H groups in total. The lowest BCUT2D eigenvalue weighted by atomic mass is 9.63. The summed E-state index contributed by atoms with van der Waals surface area (Å²) >= 11 is 0. The standard InChI is InChI=1S/C18H34O2/c1-4-5-6-7-8-9-10-11-18(16(19)20)14-12-17(2,3)13-15-18/h4-15H2,1-3H3,(H,19,20). The second-order valence-electron chi connectivity index (χ2n) is 7.62. The van der Waals surface area contributed by atoms with Crippen LogP contribution in [0.25, 0.3) is 0 Å². The van der Waals surface area contributed by atoms with Gasteiger partial charge in [-0.05, 0) is 37.5 Å². The Balaban J connectivity index is 2.28. The maximum Gasteiger partial charge on any atom is 0.309 e. The molecule has 20 heavy (non-hydrogen) atoms. The number of aliphatic carboxylic acids is 1. The highest BCUT2D eigenvalue weighted by Gasteiger charge is 2.43. The van der Waals surface area contributed by atoms with Gasteiger partial charge in [0, 0.05) is 0 Å². The van der Waals surface area contributed by atoms with Gasteiger partial charge in [-0.25, -0.2) is 0 Å². The molecule has 0 amide bonds. The largest absolute Gasteiger partial charge is 0.481 e. The van der Waals surface area contributed by atoms with Crippen molar-refractivity contribution in [2.45, 2.75) is 97.8 Å². The van der Waals surface area contributed by atoms with Crippen molar-refractivity contribution in [1.82, 2.24) is 0 Å². The monoisotopic (exact) mass is 282 g/mol. The lowest BCUT2D eigenvalue weighted by molar-refractivity contribution is -0.153. The average Bonchev–Trinajstić information content (AvgIpc) is 2.39. The van der Waals surface area contributed by atoms with Crippen molar-refractivity contribution in [3.8, 4) is 0 Å². The van der Waals surface area contributed by atoms with E-state index in [-0.39, 0.29) is 0 Å². The number of carboxylic acid groups (broad SMARTS) is 1. The van der Waals surface area contributed by atoms with E-state index in [0.29, 0.717) is 5.41 Å². The number of rotatable bonds is 9. The van der Waals surface area contributed by atoms with Gasteiger partial charge in [0.25, 0.3) is 0 Å². The van der Waals surface area contributed by atoms with Gasteiger partial charge in [0.1, 0.15) is 0 Å². The van der Waals surface area contributed by atoms with E-state index in [1.807, 2.05) is 0 Å². The summed E-state index contributed by atoms with van der Waals surface area (Å²) in [6, 6.07) is 0. The molecule has 118 valence electrons. The van der Waals surface area contributed by atoms with Crippen molar-refractivity contribution >= 4 is 5.97 Å². The normalized spacial score (nSPS) is 20.8. The van der Waals surface area contributed by atoms with Gasteiger partial charge in [0.15, 0.2) is 0 Å². The van der Waals surface area contributed by atoms with Gasteiger partial charge < -0.3 is 5.11 Å². The topological polar surface area (TPSA) is 37.3 Å². The Hall–Kier alpha value is -0.530. The molecule has 1 rings (SSSR count). The number of hydrogen-bond acceptors (Lipinski definition) is 1. The molecular formula is C18H34O2. The van der Waals surface area contributed by atoms with E-state index < -0.39 is 11.4 Å². The lowest BCUT2D eigenvalue weighted by Crippen LogP contribution is -2.37. The Morgan fingerprint density at radius 3 is 1.90 bits per heavy atom. The maximum absolute atomic E-state index is 11.7. The molecule has 1 saturated carbocycles. The summed E-state index contributed by atoms with van der Waals surface area (Å²) in [6.07, 6.45) is 13.7. The van der Waals surface area contributed by atoms with Crippen LogP contribution in [0.1, 0.15) is 97.8 Å². The highest BCUT2D eigenvalue weighted by atomic mass is 16.4. The third kappa shape index (κ3) is 5.46. The molecule has 0 aliphatic heterocycles. The predicted molar refractivity (Wildman–Crippen MR) is 84.9 cm³/mol. The van der Waals surface area contributed by atoms with Gasteiger partial charge in [-0.15, -0.1) is 0 Å². The Kier molecular flexibility index (Phi) is 7.05. The minimum absolute atomic E-state index is 0.346. The number of unbranched alkanes of at least 4 members (excludes halogenated alkanes) is 6. The Bertz CT molecular complexity index is 284. The molecule has 0 heterocycles. The van der Waals surface area contributed by atoms with Crippen molar-refractivity contribution in [2.24, 2.45) is 10.8 Å². The quantitative estimate of drug-likeness (QED) is 0.543. The average molecular weight is 282 g/mol. The Labute approximate surface area is 125 Å². The molecule has 0 radical (unpaired) electrons. The molecule has 0 aromatic rings. The molecule has 0 bridgehead atoms. The van der Waals surface area contributed by atoms with Crippen molar-refractivity contribution in [3.05, 3.63) is 0 Å². The van der Waals surface area contributed by atoms with E-state index in [4.69, 9.17) is 0 Å². The third-order valence-electron chi connectivity index (χ3n) is 5.27. The zero-order chi connectivity index (χ0) is 15.1. The molecule has 0 aromatic carbocycles. The molecule has 0 atom stereocenters. The number of hydrogen-bond donors (Lipinski definition) is 1. The van der Waals surface area contributed by atoms with Crippen LogP contribution in [-0.4, -0.2) is 11.1 Å². The van der Waals surface area contributed by atoms with E-state index in [0.717, 1.165) is 38.5 Å². The van der Waals surface area contributed by atoms with Gasteiger partial charge in [-0.2, -0.15) is 0 Å². The first-order chi connectivity index (χ1) is 9.42. The molecule has 2 heteroatoms. The minimum atomic E-state index is -0.543. The molecular weight excluding hydrogens is 248 g/mol. The van der Waals surface area contributed by atoms with E-state index in [1.54, 1.807) is 0 Å². The highest BCUT2D eigenvalue weighted by molar-refractivity contribution is 5.74. The van der Waals surface area contributed by atoms with Crippen molar-refractivity contribution < 1.29 is 9.90 Å². The van der Waals surface area contributed by atoms with Crippen molar-refractivity contribution in [2.75, 3.05) is 0 Å². The molecule has 2 nitrogen and oxygen atoms in total. The molecule has 1 aliphatic carbocycles. The van der Waals surface area contributed by atoms with E-state index in [1.165, 1.54) is 38.5 Å². The van der Waals surface area contributed by atoms with E-state index in [2.05, 4.69) is 20.8 Å². The number of carbonyl (C=O) groups is 1. The summed E-state index contributed by atoms with van der Waals surface area (Å²) in [5, 5.41) is 9.63. The Morgan fingerprint density at radius 2 is 1.40 bits per heavy atom. The maximum atomic E-state index is 11.7. The molecule has 0 saturated heterocycles. The van der Waals surface area contributed by atoms with Crippen molar-refractivity contribution in [3.63, 3.8) is 0 Å². The first-order valence-corrected chi connectivity index (χ1v) is 8.65. The summed E-state index contributed by atoms with van der Waals surface area (Å²) in [6.45, 7) is 6.78. The lowest BCUT2D eigenvalue weighted by Gasteiger charge is -2.41. The second kappa shape index (κ2) is 8.05. The smallest absolute Gasteiger partial charge is 0.309 e. The Morgan fingerprint density at radius 1 is 0.900 bits per heavy atom. The van der Waals surface area contributed by atoms with Gasteiger partial charge in [0.2, 0.25) is 0 Å². The van der Waals surface area contributed by atoms with Crippen LogP contribution in [0.3, 0.4) is 0 Å². The van der Waals surface area contributed by atoms with Crippen LogP contribution in [0.15, 0.2) is 0 Å². The van der Waals surface area contributed by atoms with Crippen molar-refractivity contribution in [1.29, 1.82) is 0 Å². The van der Waals surface area contributed by atoms with Gasteiger partial charge >= 0.3 is 5.97 Å². The zero-order valence-corrected chi connectivity index (χ0v) is 13.8. The van der Waals surface area contributed by atoms with Crippen LogP contribution in [-0.2, 0) is 4.79 Å². The second-order valence-corrected chi connectivity index (χ2v) is 7.62. The SMILES string of the molecule is CCCCCCCCCC1(C(=O)O)CCC(C)(C)CC1.